The smallest absolute Gasteiger partial charge is 0.137 e. The first-order valence-corrected chi connectivity index (χ1v) is 8.23. The zero-order valence-corrected chi connectivity index (χ0v) is 13.7. The second-order valence-electron chi connectivity index (χ2n) is 5.65. The number of benzene rings is 2. The summed E-state index contributed by atoms with van der Waals surface area (Å²) < 4.78 is 14.0. The van der Waals surface area contributed by atoms with Crippen LogP contribution in [-0.2, 0) is 12.8 Å². The summed E-state index contributed by atoms with van der Waals surface area (Å²) in [6, 6.07) is 14.3. The van der Waals surface area contributed by atoms with Crippen molar-refractivity contribution >= 4 is 15.9 Å². The van der Waals surface area contributed by atoms with Gasteiger partial charge in [0.25, 0.3) is 0 Å². The molecule has 21 heavy (non-hydrogen) atoms. The maximum absolute atomic E-state index is 13.5. The van der Waals surface area contributed by atoms with Crippen molar-refractivity contribution in [3.63, 3.8) is 0 Å². The van der Waals surface area contributed by atoms with Gasteiger partial charge < -0.3 is 5.32 Å². The van der Waals surface area contributed by atoms with Crippen LogP contribution < -0.4 is 5.32 Å². The molecule has 1 nitrogen and oxygen atoms in total. The third kappa shape index (κ3) is 3.04. The van der Waals surface area contributed by atoms with E-state index in [4.69, 9.17) is 0 Å². The van der Waals surface area contributed by atoms with E-state index in [0.29, 0.717) is 10.4 Å². The van der Waals surface area contributed by atoms with Gasteiger partial charge in [0.05, 0.1) is 4.47 Å². The van der Waals surface area contributed by atoms with E-state index in [1.54, 1.807) is 6.07 Å². The molecule has 2 aromatic carbocycles. The van der Waals surface area contributed by atoms with Crippen molar-refractivity contribution in [2.75, 3.05) is 6.54 Å². The van der Waals surface area contributed by atoms with Crippen LogP contribution >= 0.6 is 15.9 Å². The van der Waals surface area contributed by atoms with Crippen molar-refractivity contribution in [1.82, 2.24) is 5.32 Å². The van der Waals surface area contributed by atoms with Crippen LogP contribution in [0.2, 0.25) is 0 Å². The van der Waals surface area contributed by atoms with Gasteiger partial charge in [-0.05, 0) is 70.1 Å². The minimum absolute atomic E-state index is 0.205. The summed E-state index contributed by atoms with van der Waals surface area (Å²) in [5.41, 5.74) is 4.06. The van der Waals surface area contributed by atoms with Crippen molar-refractivity contribution in [1.29, 1.82) is 0 Å². The van der Waals surface area contributed by atoms with E-state index in [0.717, 1.165) is 24.9 Å². The maximum Gasteiger partial charge on any atom is 0.137 e. The van der Waals surface area contributed by atoms with E-state index in [9.17, 15) is 4.39 Å². The molecule has 1 unspecified atom stereocenters. The van der Waals surface area contributed by atoms with E-state index < -0.39 is 0 Å². The van der Waals surface area contributed by atoms with E-state index >= 15 is 0 Å². The zero-order valence-electron chi connectivity index (χ0n) is 12.1. The monoisotopic (exact) mass is 347 g/mol. The Balaban J connectivity index is 1.87. The maximum atomic E-state index is 13.5. The standard InChI is InChI=1S/C18H19BrFN/c1-2-21-18(14-7-8-17(20)16(19)11-14)15-9-12-5-3-4-6-13(12)10-15/h3-8,11,15,18,21H,2,9-10H2,1H3. The molecule has 1 N–H and O–H groups in total. The Morgan fingerprint density at radius 1 is 1.19 bits per heavy atom. The summed E-state index contributed by atoms with van der Waals surface area (Å²) >= 11 is 3.30. The molecule has 0 aliphatic heterocycles. The molecule has 0 spiro atoms. The molecule has 0 heterocycles. The van der Waals surface area contributed by atoms with E-state index in [2.05, 4.69) is 52.4 Å². The molecule has 110 valence electrons. The van der Waals surface area contributed by atoms with Gasteiger partial charge in [0.15, 0.2) is 0 Å². The van der Waals surface area contributed by atoms with Gasteiger partial charge >= 0.3 is 0 Å². The Labute approximate surface area is 133 Å². The molecule has 0 radical (unpaired) electrons. The highest BCUT2D eigenvalue weighted by Crippen LogP contribution is 2.36. The summed E-state index contributed by atoms with van der Waals surface area (Å²) in [7, 11) is 0. The number of rotatable bonds is 4. The third-order valence-corrected chi connectivity index (χ3v) is 4.89. The fourth-order valence-electron chi connectivity index (χ4n) is 3.31. The summed E-state index contributed by atoms with van der Waals surface area (Å²) in [6.07, 6.45) is 2.17. The van der Waals surface area contributed by atoms with Gasteiger partial charge in [0, 0.05) is 6.04 Å². The zero-order chi connectivity index (χ0) is 14.8. The Hall–Kier alpha value is -1.19. The normalized spacial score (nSPS) is 16.0. The van der Waals surface area contributed by atoms with Crippen molar-refractivity contribution in [2.24, 2.45) is 5.92 Å². The molecule has 1 atom stereocenters. The fraction of sp³-hybridized carbons (Fsp3) is 0.333. The molecule has 1 aliphatic rings. The molecular formula is C18H19BrFN. The van der Waals surface area contributed by atoms with Gasteiger partial charge in [-0.15, -0.1) is 0 Å². The SMILES string of the molecule is CCNC(c1ccc(F)c(Br)c1)C1Cc2ccccc2C1. The topological polar surface area (TPSA) is 12.0 Å². The lowest BCUT2D eigenvalue weighted by Gasteiger charge is -2.25. The second-order valence-corrected chi connectivity index (χ2v) is 6.50. The molecule has 1 aliphatic carbocycles. The summed E-state index contributed by atoms with van der Waals surface area (Å²) in [6.45, 7) is 3.03. The van der Waals surface area contributed by atoms with Crippen LogP contribution in [0.15, 0.2) is 46.9 Å². The minimum Gasteiger partial charge on any atom is -0.310 e. The van der Waals surface area contributed by atoms with E-state index in [1.165, 1.54) is 11.1 Å². The number of nitrogens with one attached hydrogen (secondary N) is 1. The quantitative estimate of drug-likeness (QED) is 0.848. The number of fused-ring (bicyclic) bond motifs is 1. The van der Waals surface area contributed by atoms with Crippen molar-refractivity contribution in [3.8, 4) is 0 Å². The van der Waals surface area contributed by atoms with Crippen molar-refractivity contribution < 1.29 is 4.39 Å². The van der Waals surface area contributed by atoms with Gasteiger partial charge in [-0.25, -0.2) is 4.39 Å². The summed E-state index contributed by atoms with van der Waals surface area (Å²) in [5, 5.41) is 3.58. The lowest BCUT2D eigenvalue weighted by Crippen LogP contribution is -2.28. The Morgan fingerprint density at radius 3 is 2.43 bits per heavy atom. The summed E-state index contributed by atoms with van der Waals surface area (Å²) in [4.78, 5) is 0. The van der Waals surface area contributed by atoms with E-state index in [1.807, 2.05) is 12.1 Å². The molecule has 0 fully saturated rings. The first-order chi connectivity index (χ1) is 10.2. The predicted octanol–water partition coefficient (Wildman–Crippen LogP) is 4.65. The van der Waals surface area contributed by atoms with Crippen LogP contribution in [-0.4, -0.2) is 6.54 Å². The van der Waals surface area contributed by atoms with Gasteiger partial charge in [0.2, 0.25) is 0 Å². The fourth-order valence-corrected chi connectivity index (χ4v) is 3.71. The highest BCUT2D eigenvalue weighted by Gasteiger charge is 2.29. The average Bonchev–Trinajstić information content (AvgIpc) is 2.91. The van der Waals surface area contributed by atoms with Crippen LogP contribution in [0.5, 0.6) is 0 Å². The molecule has 0 saturated carbocycles. The average molecular weight is 348 g/mol. The molecular weight excluding hydrogens is 329 g/mol. The molecule has 0 saturated heterocycles. The van der Waals surface area contributed by atoms with Crippen LogP contribution in [0, 0.1) is 11.7 Å². The Kier molecular flexibility index (Phi) is 4.41. The van der Waals surface area contributed by atoms with Crippen LogP contribution in [0.3, 0.4) is 0 Å². The lowest BCUT2D eigenvalue weighted by molar-refractivity contribution is 0.380. The van der Waals surface area contributed by atoms with Crippen molar-refractivity contribution in [2.45, 2.75) is 25.8 Å². The minimum atomic E-state index is -0.205. The third-order valence-electron chi connectivity index (χ3n) is 4.28. The highest BCUT2D eigenvalue weighted by molar-refractivity contribution is 9.10. The molecule has 3 rings (SSSR count). The summed E-state index contributed by atoms with van der Waals surface area (Å²) in [5.74, 6) is 0.323. The van der Waals surface area contributed by atoms with Gasteiger partial charge in [-0.2, -0.15) is 0 Å². The molecule has 0 aromatic heterocycles. The first-order valence-electron chi connectivity index (χ1n) is 7.44. The number of hydrogen-bond acceptors (Lipinski definition) is 1. The largest absolute Gasteiger partial charge is 0.310 e. The van der Waals surface area contributed by atoms with Gasteiger partial charge in [0.1, 0.15) is 5.82 Å². The molecule has 3 heteroatoms. The molecule has 2 aromatic rings. The molecule has 0 bridgehead atoms. The number of hydrogen-bond donors (Lipinski definition) is 1. The Bertz CT molecular complexity index is 616. The van der Waals surface area contributed by atoms with E-state index in [-0.39, 0.29) is 11.9 Å². The second kappa shape index (κ2) is 6.29. The highest BCUT2D eigenvalue weighted by atomic mass is 79.9. The molecule has 0 amide bonds. The van der Waals surface area contributed by atoms with Gasteiger partial charge in [-0.1, -0.05) is 37.3 Å². The van der Waals surface area contributed by atoms with Crippen LogP contribution in [0.4, 0.5) is 4.39 Å². The lowest BCUT2D eigenvalue weighted by atomic mass is 9.90. The van der Waals surface area contributed by atoms with Gasteiger partial charge in [-0.3, -0.25) is 0 Å². The Morgan fingerprint density at radius 2 is 1.86 bits per heavy atom. The van der Waals surface area contributed by atoms with Crippen molar-refractivity contribution in [3.05, 3.63) is 69.4 Å². The van der Waals surface area contributed by atoms with Crippen LogP contribution in [0.1, 0.15) is 29.7 Å². The van der Waals surface area contributed by atoms with Crippen LogP contribution in [0.25, 0.3) is 0 Å². The number of halogens is 2. The first kappa shape index (κ1) is 14.7. The predicted molar refractivity (Wildman–Crippen MR) is 87.9 cm³/mol.